The number of piperidine rings is 1. The van der Waals surface area contributed by atoms with Gasteiger partial charge in [0.25, 0.3) is 0 Å². The summed E-state index contributed by atoms with van der Waals surface area (Å²) in [7, 11) is 1.61. The van der Waals surface area contributed by atoms with E-state index in [4.69, 9.17) is 28.3 Å². The second kappa shape index (κ2) is 9.18. The summed E-state index contributed by atoms with van der Waals surface area (Å²) in [6.07, 6.45) is 6.00. The Kier molecular flexibility index (Phi) is 5.96. The highest BCUT2D eigenvalue weighted by Crippen LogP contribution is 2.44. The number of fused-ring (bicyclic) bond motifs is 1. The van der Waals surface area contributed by atoms with Crippen LogP contribution < -0.4 is 14.2 Å². The van der Waals surface area contributed by atoms with Gasteiger partial charge < -0.3 is 23.4 Å². The van der Waals surface area contributed by atoms with Crippen LogP contribution in [-0.4, -0.2) is 48.0 Å². The van der Waals surface area contributed by atoms with E-state index in [1.165, 1.54) is 0 Å². The van der Waals surface area contributed by atoms with E-state index in [9.17, 15) is 0 Å². The maximum Gasteiger partial charge on any atom is 0.231 e. The summed E-state index contributed by atoms with van der Waals surface area (Å²) in [6.45, 7) is 5.35. The Balaban J connectivity index is 1.25. The number of hydrogen-bond acceptors (Lipinski definition) is 8. The molecule has 2 aromatic heterocycles. The van der Waals surface area contributed by atoms with Gasteiger partial charge in [-0.05, 0) is 50.1 Å². The van der Waals surface area contributed by atoms with Crippen molar-refractivity contribution >= 4 is 0 Å². The minimum Gasteiger partial charge on any atom is -0.493 e. The average molecular weight is 437 g/mol. The maximum absolute atomic E-state index is 6.14. The first-order valence-electron chi connectivity index (χ1n) is 10.9. The van der Waals surface area contributed by atoms with Crippen LogP contribution in [0.4, 0.5) is 0 Å². The largest absolute Gasteiger partial charge is 0.493 e. The molecule has 3 aromatic rings. The van der Waals surface area contributed by atoms with Crippen LogP contribution >= 0.6 is 0 Å². The molecular formula is C24H27N3O5. The van der Waals surface area contributed by atoms with E-state index in [2.05, 4.69) is 9.88 Å². The average Bonchev–Trinajstić information content (AvgIpc) is 3.45. The molecule has 4 heterocycles. The molecular weight excluding hydrogens is 410 g/mol. The number of nitrogens with zero attached hydrogens (tertiary/aromatic N) is 3. The summed E-state index contributed by atoms with van der Waals surface area (Å²) in [5.74, 6) is 3.23. The molecule has 0 aliphatic carbocycles. The molecule has 168 valence electrons. The number of methoxy groups -OCH3 is 1. The predicted molar refractivity (Wildman–Crippen MR) is 117 cm³/mol. The molecule has 1 atom stereocenters. The molecule has 1 saturated heterocycles. The second-order valence-electron chi connectivity index (χ2n) is 8.11. The highest BCUT2D eigenvalue weighted by atomic mass is 16.7. The fraction of sp³-hybridized carbons (Fsp3) is 0.417. The van der Waals surface area contributed by atoms with Crippen molar-refractivity contribution < 1.29 is 23.4 Å². The molecule has 32 heavy (non-hydrogen) atoms. The third kappa shape index (κ3) is 4.42. The first kappa shape index (κ1) is 20.8. The van der Waals surface area contributed by atoms with Crippen molar-refractivity contribution in [1.29, 1.82) is 0 Å². The number of benzene rings is 1. The van der Waals surface area contributed by atoms with E-state index in [-0.39, 0.29) is 12.9 Å². The Labute approximate surface area is 187 Å². The molecule has 5 rings (SSSR count). The van der Waals surface area contributed by atoms with E-state index in [1.807, 2.05) is 37.4 Å². The van der Waals surface area contributed by atoms with E-state index in [1.54, 1.807) is 13.3 Å². The molecule has 2 aliphatic heterocycles. The van der Waals surface area contributed by atoms with Crippen LogP contribution in [0.15, 0.2) is 41.1 Å². The maximum atomic E-state index is 6.14. The molecule has 1 fully saturated rings. The molecule has 2 aliphatic rings. The quantitative estimate of drug-likeness (QED) is 0.550. The van der Waals surface area contributed by atoms with Crippen LogP contribution in [0.1, 0.15) is 29.9 Å². The molecule has 8 nitrogen and oxygen atoms in total. The van der Waals surface area contributed by atoms with Gasteiger partial charge in [-0.25, -0.2) is 4.98 Å². The topological polar surface area (TPSA) is 79.1 Å². The zero-order valence-corrected chi connectivity index (χ0v) is 18.4. The predicted octanol–water partition coefficient (Wildman–Crippen LogP) is 3.96. The lowest BCUT2D eigenvalue weighted by Crippen LogP contribution is -2.39. The van der Waals surface area contributed by atoms with E-state index in [0.29, 0.717) is 29.7 Å². The van der Waals surface area contributed by atoms with Crippen LogP contribution in [0.25, 0.3) is 11.5 Å². The Morgan fingerprint density at radius 2 is 2.19 bits per heavy atom. The Morgan fingerprint density at radius 3 is 3.03 bits per heavy atom. The summed E-state index contributed by atoms with van der Waals surface area (Å²) in [6, 6.07) is 7.72. The lowest BCUT2D eigenvalue weighted by atomic mass is 10.1. The third-order valence-corrected chi connectivity index (χ3v) is 5.84. The molecule has 8 heteroatoms. The number of aromatic nitrogens is 2. The Hall–Kier alpha value is -3.10. The monoisotopic (exact) mass is 437 g/mol. The van der Waals surface area contributed by atoms with Crippen molar-refractivity contribution in [3.63, 3.8) is 0 Å². The number of ether oxygens (including phenoxy) is 4. The van der Waals surface area contributed by atoms with Crippen LogP contribution in [0.5, 0.6) is 17.2 Å². The molecule has 0 amide bonds. The summed E-state index contributed by atoms with van der Waals surface area (Å²) in [4.78, 5) is 11.3. The highest BCUT2D eigenvalue weighted by Gasteiger charge is 2.25. The van der Waals surface area contributed by atoms with Gasteiger partial charge in [0.15, 0.2) is 11.5 Å². The number of rotatable bonds is 7. The summed E-state index contributed by atoms with van der Waals surface area (Å²) in [5.41, 5.74) is 2.84. The minimum absolute atomic E-state index is 0.185. The lowest BCUT2D eigenvalue weighted by Gasteiger charge is -2.32. The molecule has 0 bridgehead atoms. The second-order valence-corrected chi connectivity index (χ2v) is 8.11. The molecule has 0 saturated carbocycles. The molecule has 1 aromatic carbocycles. The van der Waals surface area contributed by atoms with Gasteiger partial charge in [0, 0.05) is 31.0 Å². The summed E-state index contributed by atoms with van der Waals surface area (Å²) in [5, 5.41) is 0. The number of aryl methyl sites for hydroxylation is 1. The van der Waals surface area contributed by atoms with Crippen molar-refractivity contribution in [3.05, 3.63) is 53.7 Å². The first-order chi connectivity index (χ1) is 15.7. The molecule has 0 radical (unpaired) electrons. The van der Waals surface area contributed by atoms with Crippen molar-refractivity contribution in [2.24, 2.45) is 0 Å². The number of pyridine rings is 1. The first-order valence-corrected chi connectivity index (χ1v) is 10.9. The van der Waals surface area contributed by atoms with Gasteiger partial charge >= 0.3 is 0 Å². The standard InChI is InChI=1S/C24H27N3O5/c1-16-20(13-27-8-4-6-19(12-27)29-14-17-5-3-7-25-11-17)26-24(32-16)18-9-21(28-2)23-22(10-18)30-15-31-23/h3,5,7,9-11,19H,4,6,8,12-15H2,1-2H3. The minimum atomic E-state index is 0.185. The van der Waals surface area contributed by atoms with Crippen LogP contribution in [0.2, 0.25) is 0 Å². The van der Waals surface area contributed by atoms with Gasteiger partial charge in [0.2, 0.25) is 18.4 Å². The van der Waals surface area contributed by atoms with Crippen molar-refractivity contribution in [3.8, 4) is 28.7 Å². The highest BCUT2D eigenvalue weighted by molar-refractivity contribution is 5.66. The van der Waals surface area contributed by atoms with Crippen molar-refractivity contribution in [2.75, 3.05) is 27.0 Å². The van der Waals surface area contributed by atoms with Gasteiger partial charge in [-0.15, -0.1) is 0 Å². The molecule has 0 N–H and O–H groups in total. The SMILES string of the molecule is COc1cc(-c2nc(CN3CCCC(OCc4cccnc4)C3)c(C)o2)cc2c1OCO2. The smallest absolute Gasteiger partial charge is 0.231 e. The zero-order chi connectivity index (χ0) is 21.9. The molecule has 0 spiro atoms. The van der Waals surface area contributed by atoms with E-state index >= 15 is 0 Å². The zero-order valence-electron chi connectivity index (χ0n) is 18.4. The summed E-state index contributed by atoms with van der Waals surface area (Å²) >= 11 is 0. The number of hydrogen-bond donors (Lipinski definition) is 0. The Bertz CT molecular complexity index is 1070. The number of likely N-dealkylation sites (tertiary alicyclic amines) is 1. The fourth-order valence-corrected chi connectivity index (χ4v) is 4.15. The van der Waals surface area contributed by atoms with E-state index < -0.39 is 0 Å². The van der Waals surface area contributed by atoms with Crippen molar-refractivity contribution in [2.45, 2.75) is 39.0 Å². The van der Waals surface area contributed by atoms with Crippen molar-refractivity contribution in [1.82, 2.24) is 14.9 Å². The Morgan fingerprint density at radius 1 is 1.25 bits per heavy atom. The van der Waals surface area contributed by atoms with Crippen LogP contribution in [0.3, 0.4) is 0 Å². The van der Waals surface area contributed by atoms with Gasteiger partial charge in [0.1, 0.15) is 5.76 Å². The van der Waals surface area contributed by atoms with Crippen LogP contribution in [0, 0.1) is 6.92 Å². The third-order valence-electron chi connectivity index (χ3n) is 5.84. The normalized spacial score (nSPS) is 18.1. The number of oxazole rings is 1. The summed E-state index contributed by atoms with van der Waals surface area (Å²) < 4.78 is 28.6. The molecule has 1 unspecified atom stereocenters. The van der Waals surface area contributed by atoms with Gasteiger partial charge in [0.05, 0.1) is 25.5 Å². The van der Waals surface area contributed by atoms with Gasteiger partial charge in [-0.2, -0.15) is 0 Å². The fourth-order valence-electron chi connectivity index (χ4n) is 4.15. The lowest BCUT2D eigenvalue weighted by molar-refractivity contribution is -0.0124. The van der Waals surface area contributed by atoms with Gasteiger partial charge in [-0.1, -0.05) is 6.07 Å². The van der Waals surface area contributed by atoms with Gasteiger partial charge in [-0.3, -0.25) is 9.88 Å². The van der Waals surface area contributed by atoms with E-state index in [0.717, 1.165) is 55.1 Å². The van der Waals surface area contributed by atoms with Crippen LogP contribution in [-0.2, 0) is 17.9 Å².